The summed E-state index contributed by atoms with van der Waals surface area (Å²) in [5.74, 6) is 0. The minimum absolute atomic E-state index is 0.257. The van der Waals surface area contributed by atoms with Crippen molar-refractivity contribution in [2.24, 2.45) is 5.73 Å². The largest absolute Gasteiger partial charge is 0.377 e. The Morgan fingerprint density at radius 2 is 2.36 bits per heavy atom. The standard InChI is InChI=1S/C11H24N2O/c1-3-14-11(9-12)6-8-13-7-4-5-10(13)2/h10-11H,3-9,12H2,1-2H3. The van der Waals surface area contributed by atoms with Gasteiger partial charge in [0.2, 0.25) is 0 Å². The van der Waals surface area contributed by atoms with Crippen molar-refractivity contribution in [2.75, 3.05) is 26.2 Å². The first-order valence-electron chi connectivity index (χ1n) is 5.83. The maximum absolute atomic E-state index is 5.63. The zero-order valence-corrected chi connectivity index (χ0v) is 9.54. The summed E-state index contributed by atoms with van der Waals surface area (Å²) in [4.78, 5) is 2.54. The summed E-state index contributed by atoms with van der Waals surface area (Å²) < 4.78 is 5.53. The fourth-order valence-electron chi connectivity index (χ4n) is 2.14. The minimum Gasteiger partial charge on any atom is -0.377 e. The van der Waals surface area contributed by atoms with Gasteiger partial charge in [-0.3, -0.25) is 0 Å². The van der Waals surface area contributed by atoms with E-state index in [1.165, 1.54) is 19.4 Å². The lowest BCUT2D eigenvalue weighted by molar-refractivity contribution is 0.0538. The molecule has 14 heavy (non-hydrogen) atoms. The normalized spacial score (nSPS) is 25.5. The molecule has 2 N–H and O–H groups in total. The molecule has 0 aromatic carbocycles. The zero-order valence-electron chi connectivity index (χ0n) is 9.54. The molecule has 84 valence electrons. The average molecular weight is 200 g/mol. The monoisotopic (exact) mass is 200 g/mol. The number of likely N-dealkylation sites (tertiary alicyclic amines) is 1. The van der Waals surface area contributed by atoms with Gasteiger partial charge in [-0.05, 0) is 39.7 Å². The second-order valence-electron chi connectivity index (χ2n) is 4.13. The number of rotatable bonds is 6. The average Bonchev–Trinajstić information content (AvgIpc) is 2.59. The lowest BCUT2D eigenvalue weighted by atomic mass is 10.2. The number of nitrogens with zero attached hydrogens (tertiary/aromatic N) is 1. The molecule has 1 heterocycles. The van der Waals surface area contributed by atoms with Crippen molar-refractivity contribution in [3.8, 4) is 0 Å². The van der Waals surface area contributed by atoms with Gasteiger partial charge in [0, 0.05) is 25.7 Å². The van der Waals surface area contributed by atoms with E-state index >= 15 is 0 Å². The molecule has 2 atom stereocenters. The van der Waals surface area contributed by atoms with E-state index in [-0.39, 0.29) is 6.10 Å². The Labute approximate surface area is 87.6 Å². The number of hydrogen-bond donors (Lipinski definition) is 1. The van der Waals surface area contributed by atoms with E-state index in [1.54, 1.807) is 0 Å². The highest BCUT2D eigenvalue weighted by Crippen LogP contribution is 2.16. The second-order valence-corrected chi connectivity index (χ2v) is 4.13. The molecule has 1 fully saturated rings. The van der Waals surface area contributed by atoms with E-state index < -0.39 is 0 Å². The fraction of sp³-hybridized carbons (Fsp3) is 1.00. The van der Waals surface area contributed by atoms with Crippen molar-refractivity contribution in [1.29, 1.82) is 0 Å². The van der Waals surface area contributed by atoms with Gasteiger partial charge in [-0.2, -0.15) is 0 Å². The summed E-state index contributed by atoms with van der Waals surface area (Å²) in [5.41, 5.74) is 5.63. The maximum atomic E-state index is 5.63. The first kappa shape index (κ1) is 12.0. The minimum atomic E-state index is 0.257. The number of ether oxygens (including phenoxy) is 1. The lowest BCUT2D eigenvalue weighted by Crippen LogP contribution is -2.33. The third kappa shape index (κ3) is 3.56. The molecule has 3 heteroatoms. The molecular formula is C11H24N2O. The van der Waals surface area contributed by atoms with Crippen molar-refractivity contribution < 1.29 is 4.74 Å². The Morgan fingerprint density at radius 3 is 2.86 bits per heavy atom. The lowest BCUT2D eigenvalue weighted by Gasteiger charge is -2.23. The molecule has 0 aliphatic carbocycles. The van der Waals surface area contributed by atoms with Crippen molar-refractivity contribution in [1.82, 2.24) is 4.90 Å². The van der Waals surface area contributed by atoms with Crippen LogP contribution in [0.15, 0.2) is 0 Å². The quantitative estimate of drug-likeness (QED) is 0.701. The molecule has 0 amide bonds. The van der Waals surface area contributed by atoms with Crippen LogP contribution in [0.3, 0.4) is 0 Å². The molecule has 0 spiro atoms. The first-order valence-corrected chi connectivity index (χ1v) is 5.83. The Morgan fingerprint density at radius 1 is 1.57 bits per heavy atom. The van der Waals surface area contributed by atoms with Gasteiger partial charge in [0.15, 0.2) is 0 Å². The molecule has 3 nitrogen and oxygen atoms in total. The molecule has 0 radical (unpaired) electrons. The van der Waals surface area contributed by atoms with Gasteiger partial charge in [-0.25, -0.2) is 0 Å². The van der Waals surface area contributed by atoms with Gasteiger partial charge in [-0.15, -0.1) is 0 Å². The van der Waals surface area contributed by atoms with E-state index in [9.17, 15) is 0 Å². The third-order valence-corrected chi connectivity index (χ3v) is 3.09. The molecule has 1 aliphatic rings. The molecule has 0 aromatic heterocycles. The highest BCUT2D eigenvalue weighted by molar-refractivity contribution is 4.76. The first-order chi connectivity index (χ1) is 6.77. The van der Waals surface area contributed by atoms with Gasteiger partial charge >= 0.3 is 0 Å². The summed E-state index contributed by atoms with van der Waals surface area (Å²) in [6.45, 7) is 8.16. The van der Waals surface area contributed by atoms with Crippen LogP contribution < -0.4 is 5.73 Å². The van der Waals surface area contributed by atoms with E-state index in [1.807, 2.05) is 6.92 Å². The van der Waals surface area contributed by atoms with Crippen LogP contribution in [0.1, 0.15) is 33.1 Å². The van der Waals surface area contributed by atoms with Crippen molar-refractivity contribution in [3.63, 3.8) is 0 Å². The molecule has 0 saturated carbocycles. The maximum Gasteiger partial charge on any atom is 0.0709 e. The summed E-state index contributed by atoms with van der Waals surface area (Å²) in [6.07, 6.45) is 4.03. The molecule has 0 bridgehead atoms. The van der Waals surface area contributed by atoms with Crippen molar-refractivity contribution in [3.05, 3.63) is 0 Å². The number of nitrogens with two attached hydrogens (primary N) is 1. The van der Waals surface area contributed by atoms with Crippen LogP contribution in [0, 0.1) is 0 Å². The van der Waals surface area contributed by atoms with E-state index in [0.717, 1.165) is 25.6 Å². The Bertz CT molecular complexity index is 152. The van der Waals surface area contributed by atoms with Crippen LogP contribution in [-0.4, -0.2) is 43.3 Å². The SMILES string of the molecule is CCOC(CN)CCN1CCCC1C. The summed E-state index contributed by atoms with van der Waals surface area (Å²) in [5, 5.41) is 0. The second kappa shape index (κ2) is 6.38. The van der Waals surface area contributed by atoms with E-state index in [2.05, 4.69) is 11.8 Å². The van der Waals surface area contributed by atoms with Gasteiger partial charge < -0.3 is 15.4 Å². The summed E-state index contributed by atoms with van der Waals surface area (Å²) in [6, 6.07) is 0.759. The van der Waals surface area contributed by atoms with Gasteiger partial charge in [0.05, 0.1) is 6.10 Å². The zero-order chi connectivity index (χ0) is 10.4. The molecule has 1 aliphatic heterocycles. The highest BCUT2D eigenvalue weighted by atomic mass is 16.5. The van der Waals surface area contributed by atoms with Crippen LogP contribution >= 0.6 is 0 Å². The molecule has 0 aromatic rings. The van der Waals surface area contributed by atoms with E-state index in [0.29, 0.717) is 6.54 Å². The third-order valence-electron chi connectivity index (χ3n) is 3.09. The van der Waals surface area contributed by atoms with Crippen LogP contribution in [0.4, 0.5) is 0 Å². The predicted octanol–water partition coefficient (Wildman–Crippen LogP) is 1.22. The predicted molar refractivity (Wildman–Crippen MR) is 59.4 cm³/mol. The van der Waals surface area contributed by atoms with Crippen LogP contribution in [0.2, 0.25) is 0 Å². The number of hydrogen-bond acceptors (Lipinski definition) is 3. The molecule has 2 unspecified atom stereocenters. The summed E-state index contributed by atoms with van der Waals surface area (Å²) in [7, 11) is 0. The Hall–Kier alpha value is -0.120. The van der Waals surface area contributed by atoms with Crippen molar-refractivity contribution >= 4 is 0 Å². The molecular weight excluding hydrogens is 176 g/mol. The Kier molecular flexibility index (Phi) is 5.45. The van der Waals surface area contributed by atoms with Crippen LogP contribution in [0.5, 0.6) is 0 Å². The van der Waals surface area contributed by atoms with Crippen molar-refractivity contribution in [2.45, 2.75) is 45.3 Å². The topological polar surface area (TPSA) is 38.5 Å². The van der Waals surface area contributed by atoms with Gasteiger partial charge in [0.25, 0.3) is 0 Å². The highest BCUT2D eigenvalue weighted by Gasteiger charge is 2.20. The fourth-order valence-corrected chi connectivity index (χ4v) is 2.14. The summed E-state index contributed by atoms with van der Waals surface area (Å²) >= 11 is 0. The van der Waals surface area contributed by atoms with E-state index in [4.69, 9.17) is 10.5 Å². The van der Waals surface area contributed by atoms with Gasteiger partial charge in [-0.1, -0.05) is 0 Å². The Balaban J connectivity index is 2.17. The van der Waals surface area contributed by atoms with Crippen LogP contribution in [0.25, 0.3) is 0 Å². The smallest absolute Gasteiger partial charge is 0.0709 e. The molecule has 1 rings (SSSR count). The van der Waals surface area contributed by atoms with Crippen LogP contribution in [-0.2, 0) is 4.74 Å². The van der Waals surface area contributed by atoms with Gasteiger partial charge in [0.1, 0.15) is 0 Å². The molecule has 1 saturated heterocycles.